The number of benzene rings is 1. The molecule has 0 saturated carbocycles. The largest absolute Gasteiger partial charge is 0.444 e. The van der Waals surface area contributed by atoms with Gasteiger partial charge in [0, 0.05) is 24.7 Å². The summed E-state index contributed by atoms with van der Waals surface area (Å²) in [5.74, 6) is -0.508. The summed E-state index contributed by atoms with van der Waals surface area (Å²) >= 11 is 0. The lowest BCUT2D eigenvalue weighted by atomic mass is 10.1. The van der Waals surface area contributed by atoms with E-state index in [4.69, 9.17) is 4.74 Å². The van der Waals surface area contributed by atoms with Gasteiger partial charge in [0.2, 0.25) is 0 Å². The minimum atomic E-state index is -0.583. The number of ether oxygens (including phenoxy) is 1. The molecule has 1 atom stereocenters. The van der Waals surface area contributed by atoms with E-state index in [1.54, 1.807) is 39.8 Å². The van der Waals surface area contributed by atoms with Gasteiger partial charge in [-0.15, -0.1) is 0 Å². The van der Waals surface area contributed by atoms with Crippen molar-refractivity contribution in [1.82, 2.24) is 10.2 Å². The lowest BCUT2D eigenvalue weighted by molar-refractivity contribution is -0.385. The van der Waals surface area contributed by atoms with Crippen LogP contribution < -0.4 is 5.32 Å². The molecule has 0 spiro atoms. The van der Waals surface area contributed by atoms with Crippen molar-refractivity contribution >= 4 is 17.7 Å². The Morgan fingerprint density at radius 2 is 2.04 bits per heavy atom. The smallest absolute Gasteiger partial charge is 0.410 e. The van der Waals surface area contributed by atoms with Crippen LogP contribution in [-0.2, 0) is 4.74 Å². The Morgan fingerprint density at radius 1 is 1.36 bits per heavy atom. The fourth-order valence-corrected chi connectivity index (χ4v) is 2.72. The Hall–Kier alpha value is -2.64. The van der Waals surface area contributed by atoms with Crippen molar-refractivity contribution in [3.63, 3.8) is 0 Å². The van der Waals surface area contributed by atoms with E-state index in [-0.39, 0.29) is 17.3 Å². The number of amides is 2. The quantitative estimate of drug-likeness (QED) is 0.667. The molecule has 2 amide bonds. The summed E-state index contributed by atoms with van der Waals surface area (Å²) in [6.45, 7) is 7.75. The summed E-state index contributed by atoms with van der Waals surface area (Å²) in [7, 11) is 0. The highest BCUT2D eigenvalue weighted by atomic mass is 16.6. The number of nitrogens with zero attached hydrogens (tertiary/aromatic N) is 2. The van der Waals surface area contributed by atoms with Gasteiger partial charge in [0.15, 0.2) is 0 Å². The number of hydrogen-bond donors (Lipinski definition) is 1. The molecule has 1 N–H and O–H groups in total. The van der Waals surface area contributed by atoms with Crippen LogP contribution in [0.3, 0.4) is 0 Å². The predicted octanol–water partition coefficient (Wildman–Crippen LogP) is 2.64. The Balaban J connectivity index is 2.03. The highest BCUT2D eigenvalue weighted by Gasteiger charge is 2.32. The third-order valence-corrected chi connectivity index (χ3v) is 3.84. The average molecular weight is 349 g/mol. The van der Waals surface area contributed by atoms with Crippen LogP contribution >= 0.6 is 0 Å². The Morgan fingerprint density at radius 3 is 2.64 bits per heavy atom. The van der Waals surface area contributed by atoms with Gasteiger partial charge in [0.1, 0.15) is 11.2 Å². The van der Waals surface area contributed by atoms with Crippen LogP contribution in [0.25, 0.3) is 0 Å². The molecule has 25 heavy (non-hydrogen) atoms. The molecule has 8 heteroatoms. The van der Waals surface area contributed by atoms with Crippen molar-refractivity contribution in [2.75, 3.05) is 13.1 Å². The SMILES string of the molecule is Cc1cccc(C(=O)NC2CCN(C(=O)OC(C)(C)C)C2)c1[N+](=O)[O-]. The molecule has 1 aromatic carbocycles. The van der Waals surface area contributed by atoms with E-state index >= 15 is 0 Å². The molecule has 8 nitrogen and oxygen atoms in total. The lowest BCUT2D eigenvalue weighted by Gasteiger charge is -2.24. The maximum absolute atomic E-state index is 12.4. The van der Waals surface area contributed by atoms with E-state index in [1.807, 2.05) is 0 Å². The highest BCUT2D eigenvalue weighted by molar-refractivity contribution is 5.98. The number of carbonyl (C=O) groups excluding carboxylic acids is 2. The molecule has 1 aliphatic heterocycles. The molecule has 1 unspecified atom stereocenters. The van der Waals surface area contributed by atoms with Crippen LogP contribution in [0.2, 0.25) is 0 Å². The molecule has 0 aliphatic carbocycles. The highest BCUT2D eigenvalue weighted by Crippen LogP contribution is 2.23. The van der Waals surface area contributed by atoms with Crippen molar-refractivity contribution < 1.29 is 19.2 Å². The predicted molar refractivity (Wildman–Crippen MR) is 91.5 cm³/mol. The second-order valence-electron chi connectivity index (χ2n) is 7.11. The molecule has 1 fully saturated rings. The second-order valence-corrected chi connectivity index (χ2v) is 7.11. The number of hydrogen-bond acceptors (Lipinski definition) is 5. The fraction of sp³-hybridized carbons (Fsp3) is 0.529. The first-order valence-electron chi connectivity index (χ1n) is 8.11. The monoisotopic (exact) mass is 349 g/mol. The standard InChI is InChI=1S/C17H23N3O5/c1-11-6-5-7-13(14(11)20(23)24)15(21)18-12-8-9-19(10-12)16(22)25-17(2,3)4/h5-7,12H,8-10H2,1-4H3,(H,18,21). The molecular formula is C17H23N3O5. The number of aryl methyl sites for hydroxylation is 1. The van der Waals surface area contributed by atoms with Gasteiger partial charge >= 0.3 is 6.09 Å². The Kier molecular flexibility index (Phi) is 5.30. The number of likely N-dealkylation sites (tertiary alicyclic amines) is 1. The normalized spacial score (nSPS) is 17.3. The number of para-hydroxylation sites is 1. The first-order chi connectivity index (χ1) is 11.6. The Labute approximate surface area is 146 Å². The van der Waals surface area contributed by atoms with Crippen molar-refractivity contribution in [2.45, 2.75) is 45.8 Å². The van der Waals surface area contributed by atoms with E-state index in [9.17, 15) is 19.7 Å². The van der Waals surface area contributed by atoms with Gasteiger partial charge in [0.25, 0.3) is 11.6 Å². The minimum absolute atomic E-state index is 0.0284. The number of carbonyl (C=O) groups is 2. The molecule has 1 heterocycles. The van der Waals surface area contributed by atoms with Crippen molar-refractivity contribution in [1.29, 1.82) is 0 Å². The van der Waals surface area contributed by atoms with Crippen LogP contribution in [0.4, 0.5) is 10.5 Å². The van der Waals surface area contributed by atoms with Gasteiger partial charge in [-0.05, 0) is 40.2 Å². The summed E-state index contributed by atoms with van der Waals surface area (Å²) in [5.41, 5.74) is -0.317. The number of nitro benzene ring substituents is 1. The third kappa shape index (κ3) is 4.68. The third-order valence-electron chi connectivity index (χ3n) is 3.84. The van der Waals surface area contributed by atoms with Gasteiger partial charge in [-0.25, -0.2) is 4.79 Å². The lowest BCUT2D eigenvalue weighted by Crippen LogP contribution is -2.40. The van der Waals surface area contributed by atoms with Crippen LogP contribution in [0.1, 0.15) is 43.1 Å². The minimum Gasteiger partial charge on any atom is -0.444 e. The van der Waals surface area contributed by atoms with Gasteiger partial charge in [0.05, 0.1) is 4.92 Å². The molecule has 1 aliphatic rings. The van der Waals surface area contributed by atoms with Gasteiger partial charge < -0.3 is 15.0 Å². The number of nitro groups is 1. The molecule has 1 saturated heterocycles. The Bertz CT molecular complexity index is 696. The first-order valence-corrected chi connectivity index (χ1v) is 8.11. The van der Waals surface area contributed by atoms with E-state index in [1.165, 1.54) is 11.0 Å². The summed E-state index contributed by atoms with van der Waals surface area (Å²) < 4.78 is 5.31. The van der Waals surface area contributed by atoms with Crippen LogP contribution in [0.5, 0.6) is 0 Å². The molecule has 136 valence electrons. The van der Waals surface area contributed by atoms with Crippen molar-refractivity contribution in [3.05, 3.63) is 39.4 Å². The van der Waals surface area contributed by atoms with Crippen molar-refractivity contribution in [3.8, 4) is 0 Å². The fourth-order valence-electron chi connectivity index (χ4n) is 2.72. The van der Waals surface area contributed by atoms with Crippen LogP contribution in [0.15, 0.2) is 18.2 Å². The molecule has 1 aromatic rings. The van der Waals surface area contributed by atoms with Gasteiger partial charge in [-0.2, -0.15) is 0 Å². The molecule has 2 rings (SSSR count). The topological polar surface area (TPSA) is 102 Å². The number of nitrogens with one attached hydrogen (secondary N) is 1. The van der Waals surface area contributed by atoms with Gasteiger partial charge in [-0.1, -0.05) is 12.1 Å². The zero-order valence-corrected chi connectivity index (χ0v) is 14.9. The average Bonchev–Trinajstić information content (AvgIpc) is 2.93. The maximum atomic E-state index is 12.4. The number of rotatable bonds is 3. The summed E-state index contributed by atoms with van der Waals surface area (Å²) in [6.07, 6.45) is 0.149. The van der Waals surface area contributed by atoms with E-state index in [0.717, 1.165) is 0 Å². The zero-order valence-electron chi connectivity index (χ0n) is 14.9. The summed E-state index contributed by atoms with van der Waals surface area (Å²) in [5, 5.41) is 14.0. The van der Waals surface area contributed by atoms with E-state index in [0.29, 0.717) is 25.1 Å². The first kappa shape index (κ1) is 18.7. The van der Waals surface area contributed by atoms with E-state index in [2.05, 4.69) is 5.32 Å². The summed E-state index contributed by atoms with van der Waals surface area (Å²) in [4.78, 5) is 36.7. The van der Waals surface area contributed by atoms with Gasteiger partial charge in [-0.3, -0.25) is 14.9 Å². The zero-order chi connectivity index (χ0) is 18.8. The molecule has 0 aromatic heterocycles. The maximum Gasteiger partial charge on any atom is 0.410 e. The molecule has 0 bridgehead atoms. The van der Waals surface area contributed by atoms with E-state index < -0.39 is 22.5 Å². The van der Waals surface area contributed by atoms with Crippen LogP contribution in [-0.4, -0.2) is 46.6 Å². The second kappa shape index (κ2) is 7.08. The van der Waals surface area contributed by atoms with Crippen molar-refractivity contribution in [2.24, 2.45) is 0 Å². The summed E-state index contributed by atoms with van der Waals surface area (Å²) in [6, 6.07) is 4.37. The molecular weight excluding hydrogens is 326 g/mol. The molecule has 0 radical (unpaired) electrons. The van der Waals surface area contributed by atoms with Crippen LogP contribution in [0, 0.1) is 17.0 Å².